The molecule has 0 bridgehead atoms. The van der Waals surface area contributed by atoms with Gasteiger partial charge in [0.25, 0.3) is 0 Å². The molecule has 1 N–H and O–H groups in total. The zero-order valence-electron chi connectivity index (χ0n) is 10.6. The molecule has 0 fully saturated rings. The summed E-state index contributed by atoms with van der Waals surface area (Å²) in [7, 11) is 0. The molecule has 0 unspecified atom stereocenters. The molecule has 0 amide bonds. The maximum Gasteiger partial charge on any atom is 0.0541 e. The van der Waals surface area contributed by atoms with Crippen molar-refractivity contribution in [3.05, 3.63) is 42.2 Å². The van der Waals surface area contributed by atoms with Gasteiger partial charge in [0, 0.05) is 12.7 Å². The van der Waals surface area contributed by atoms with Crippen molar-refractivity contribution in [3.8, 4) is 0 Å². The molecular formula is C14H22N2. The molecule has 1 aromatic heterocycles. The molecule has 2 nitrogen and oxygen atoms in total. The van der Waals surface area contributed by atoms with Crippen LogP contribution in [0.15, 0.2) is 31.0 Å². The van der Waals surface area contributed by atoms with Crippen LogP contribution < -0.4 is 5.32 Å². The number of hydrogen-bond donors (Lipinski definition) is 1. The van der Waals surface area contributed by atoms with Crippen molar-refractivity contribution in [1.82, 2.24) is 10.3 Å². The van der Waals surface area contributed by atoms with E-state index in [9.17, 15) is 0 Å². The smallest absolute Gasteiger partial charge is 0.0541 e. The Balaban J connectivity index is 2.48. The van der Waals surface area contributed by atoms with E-state index in [0.29, 0.717) is 0 Å². The fourth-order valence-electron chi connectivity index (χ4n) is 1.39. The summed E-state index contributed by atoms with van der Waals surface area (Å²) in [6.45, 7) is 12.1. The van der Waals surface area contributed by atoms with E-state index in [1.165, 1.54) is 5.56 Å². The first-order valence-corrected chi connectivity index (χ1v) is 5.81. The van der Waals surface area contributed by atoms with Crippen LogP contribution in [0.3, 0.4) is 0 Å². The van der Waals surface area contributed by atoms with Crippen molar-refractivity contribution in [1.29, 1.82) is 0 Å². The van der Waals surface area contributed by atoms with Crippen LogP contribution in [0.2, 0.25) is 0 Å². The van der Waals surface area contributed by atoms with Gasteiger partial charge in [-0.15, -0.1) is 6.58 Å². The molecule has 1 heterocycles. The first-order valence-electron chi connectivity index (χ1n) is 5.81. The maximum atomic E-state index is 4.45. The Morgan fingerprint density at radius 1 is 1.38 bits per heavy atom. The molecular weight excluding hydrogens is 196 g/mol. The molecule has 0 radical (unpaired) electrons. The third kappa shape index (κ3) is 4.15. The Morgan fingerprint density at radius 2 is 2.12 bits per heavy atom. The summed E-state index contributed by atoms with van der Waals surface area (Å²) >= 11 is 0. The lowest BCUT2D eigenvalue weighted by molar-refractivity contribution is 0.585. The average molecular weight is 218 g/mol. The van der Waals surface area contributed by atoms with Crippen LogP contribution in [-0.4, -0.2) is 11.5 Å². The van der Waals surface area contributed by atoms with E-state index < -0.39 is 0 Å². The van der Waals surface area contributed by atoms with Gasteiger partial charge < -0.3 is 5.32 Å². The zero-order valence-corrected chi connectivity index (χ0v) is 10.6. The Kier molecular flexibility index (Phi) is 4.69. The van der Waals surface area contributed by atoms with E-state index in [4.69, 9.17) is 0 Å². The van der Waals surface area contributed by atoms with Crippen LogP contribution in [0.1, 0.15) is 38.4 Å². The largest absolute Gasteiger partial charge is 0.311 e. The van der Waals surface area contributed by atoms with Gasteiger partial charge in [-0.05, 0) is 30.0 Å². The van der Waals surface area contributed by atoms with Gasteiger partial charge in [0.1, 0.15) is 0 Å². The molecule has 88 valence electrons. The molecule has 1 rings (SSSR count). The van der Waals surface area contributed by atoms with Gasteiger partial charge in [-0.2, -0.15) is 0 Å². The summed E-state index contributed by atoms with van der Waals surface area (Å²) in [5.74, 6) is 0. The number of nitrogens with one attached hydrogen (secondary N) is 1. The summed E-state index contributed by atoms with van der Waals surface area (Å²) in [4.78, 5) is 4.45. The Hall–Kier alpha value is -1.15. The standard InChI is InChI=1S/C14H22N2/c1-5-6-9-15-11-13-8-7-12(10-16-13)14(2,3)4/h5,7-8,10,15H,1,6,9,11H2,2-4H3. The minimum Gasteiger partial charge on any atom is -0.311 e. The average Bonchev–Trinajstić information content (AvgIpc) is 2.24. The summed E-state index contributed by atoms with van der Waals surface area (Å²) in [5.41, 5.74) is 2.56. The van der Waals surface area contributed by atoms with Gasteiger partial charge >= 0.3 is 0 Å². The molecule has 0 atom stereocenters. The Morgan fingerprint density at radius 3 is 2.62 bits per heavy atom. The van der Waals surface area contributed by atoms with E-state index in [0.717, 1.165) is 25.2 Å². The second-order valence-electron chi connectivity index (χ2n) is 5.04. The number of aromatic nitrogens is 1. The van der Waals surface area contributed by atoms with Crippen molar-refractivity contribution in [2.75, 3.05) is 6.54 Å². The Labute approximate surface area is 98.8 Å². The Bertz CT molecular complexity index is 320. The number of nitrogens with zero attached hydrogens (tertiary/aromatic N) is 1. The highest BCUT2D eigenvalue weighted by Gasteiger charge is 2.13. The van der Waals surface area contributed by atoms with Gasteiger partial charge in [0.15, 0.2) is 0 Å². The number of hydrogen-bond acceptors (Lipinski definition) is 2. The molecule has 0 aliphatic carbocycles. The predicted molar refractivity (Wildman–Crippen MR) is 69.5 cm³/mol. The summed E-state index contributed by atoms with van der Waals surface area (Å²) in [6, 6.07) is 4.26. The quantitative estimate of drug-likeness (QED) is 0.607. The molecule has 0 aromatic carbocycles. The molecule has 0 saturated heterocycles. The minimum absolute atomic E-state index is 0.182. The topological polar surface area (TPSA) is 24.9 Å². The normalized spacial score (nSPS) is 11.4. The predicted octanol–water partition coefficient (Wildman–Crippen LogP) is 3.04. The molecule has 2 heteroatoms. The fraction of sp³-hybridized carbons (Fsp3) is 0.500. The van der Waals surface area contributed by atoms with Crippen molar-refractivity contribution >= 4 is 0 Å². The highest BCUT2D eigenvalue weighted by Crippen LogP contribution is 2.20. The second kappa shape index (κ2) is 5.80. The van der Waals surface area contributed by atoms with E-state index in [-0.39, 0.29) is 5.41 Å². The lowest BCUT2D eigenvalue weighted by atomic mass is 9.88. The second-order valence-corrected chi connectivity index (χ2v) is 5.04. The molecule has 1 aromatic rings. The van der Waals surface area contributed by atoms with Crippen LogP contribution in [0.4, 0.5) is 0 Å². The van der Waals surface area contributed by atoms with E-state index in [1.54, 1.807) is 0 Å². The highest BCUT2D eigenvalue weighted by atomic mass is 14.9. The van der Waals surface area contributed by atoms with Crippen LogP contribution in [0.25, 0.3) is 0 Å². The van der Waals surface area contributed by atoms with E-state index in [2.05, 4.69) is 49.8 Å². The molecule has 0 saturated carbocycles. The molecule has 0 spiro atoms. The lowest BCUT2D eigenvalue weighted by Gasteiger charge is -2.18. The van der Waals surface area contributed by atoms with Crippen LogP contribution >= 0.6 is 0 Å². The van der Waals surface area contributed by atoms with Crippen molar-refractivity contribution in [2.24, 2.45) is 0 Å². The fourth-order valence-corrected chi connectivity index (χ4v) is 1.39. The SMILES string of the molecule is C=CCCNCc1ccc(C(C)(C)C)cn1. The van der Waals surface area contributed by atoms with E-state index in [1.807, 2.05) is 12.3 Å². The van der Waals surface area contributed by atoms with Gasteiger partial charge in [0.05, 0.1) is 5.69 Å². The van der Waals surface area contributed by atoms with E-state index >= 15 is 0 Å². The molecule has 0 aliphatic heterocycles. The monoisotopic (exact) mass is 218 g/mol. The number of rotatable bonds is 5. The summed E-state index contributed by atoms with van der Waals surface area (Å²) in [6.07, 6.45) is 4.90. The molecule has 0 aliphatic rings. The third-order valence-electron chi connectivity index (χ3n) is 2.52. The first-order chi connectivity index (χ1) is 7.54. The van der Waals surface area contributed by atoms with Crippen molar-refractivity contribution in [2.45, 2.75) is 39.2 Å². The van der Waals surface area contributed by atoms with Gasteiger partial charge in [0.2, 0.25) is 0 Å². The maximum absolute atomic E-state index is 4.45. The zero-order chi connectivity index (χ0) is 12.0. The minimum atomic E-state index is 0.182. The highest BCUT2D eigenvalue weighted by molar-refractivity contribution is 5.21. The van der Waals surface area contributed by atoms with Crippen LogP contribution in [-0.2, 0) is 12.0 Å². The van der Waals surface area contributed by atoms with Crippen LogP contribution in [0, 0.1) is 0 Å². The van der Waals surface area contributed by atoms with Crippen molar-refractivity contribution < 1.29 is 0 Å². The van der Waals surface area contributed by atoms with Gasteiger partial charge in [-0.3, -0.25) is 4.98 Å². The molecule has 16 heavy (non-hydrogen) atoms. The first kappa shape index (κ1) is 12.9. The van der Waals surface area contributed by atoms with Gasteiger partial charge in [-0.25, -0.2) is 0 Å². The van der Waals surface area contributed by atoms with Crippen molar-refractivity contribution in [3.63, 3.8) is 0 Å². The summed E-state index contributed by atoms with van der Waals surface area (Å²) < 4.78 is 0. The third-order valence-corrected chi connectivity index (χ3v) is 2.52. The lowest BCUT2D eigenvalue weighted by Crippen LogP contribution is -2.16. The number of pyridine rings is 1. The van der Waals surface area contributed by atoms with Crippen LogP contribution in [0.5, 0.6) is 0 Å². The summed E-state index contributed by atoms with van der Waals surface area (Å²) in [5, 5.41) is 3.33. The van der Waals surface area contributed by atoms with Gasteiger partial charge in [-0.1, -0.05) is 32.9 Å².